The van der Waals surface area contributed by atoms with Crippen LogP contribution in [-0.4, -0.2) is 49.7 Å². The molecule has 0 bridgehead atoms. The molecule has 13 heteroatoms. The average Bonchev–Trinajstić information content (AvgIpc) is 3.03. The Labute approximate surface area is 180 Å². The smallest absolute Gasteiger partial charge is 0.306 e. The molecule has 31 heavy (non-hydrogen) atoms. The maximum absolute atomic E-state index is 14.6. The van der Waals surface area contributed by atoms with Gasteiger partial charge in [-0.1, -0.05) is 0 Å². The first-order valence-electron chi connectivity index (χ1n) is 9.07. The number of halogens is 3. The molecule has 0 aromatic carbocycles. The van der Waals surface area contributed by atoms with Crippen LogP contribution in [-0.2, 0) is 4.79 Å². The minimum Gasteiger partial charge on any atom is -0.481 e. The lowest BCUT2D eigenvalue weighted by Crippen LogP contribution is -2.37. The van der Waals surface area contributed by atoms with E-state index in [9.17, 15) is 18.4 Å². The van der Waals surface area contributed by atoms with Crippen molar-refractivity contribution in [2.45, 2.75) is 12.8 Å². The van der Waals surface area contributed by atoms with Gasteiger partial charge in [-0.05, 0) is 12.8 Å². The molecule has 4 rings (SSSR count). The van der Waals surface area contributed by atoms with Crippen LogP contribution >= 0.6 is 12.4 Å². The van der Waals surface area contributed by atoms with E-state index in [0.717, 1.165) is 23.1 Å². The lowest BCUT2D eigenvalue weighted by Gasteiger charge is -2.33. The molecule has 3 aromatic heterocycles. The van der Waals surface area contributed by atoms with Gasteiger partial charge in [-0.15, -0.1) is 17.5 Å². The molecule has 1 fully saturated rings. The number of carboxylic acids is 1. The Kier molecular flexibility index (Phi) is 6.20. The Balaban J connectivity index is 0.00000272. The summed E-state index contributed by atoms with van der Waals surface area (Å²) in [5.41, 5.74) is 5.95. The number of hydrogen-bond acceptors (Lipinski definition) is 7. The molecule has 1 saturated heterocycles. The summed E-state index contributed by atoms with van der Waals surface area (Å²) in [5, 5.41) is 15.6. The van der Waals surface area contributed by atoms with Gasteiger partial charge in [-0.3, -0.25) is 14.6 Å². The highest BCUT2D eigenvalue weighted by atomic mass is 35.5. The van der Waals surface area contributed by atoms with Gasteiger partial charge in [0, 0.05) is 13.1 Å². The third kappa shape index (κ3) is 4.19. The van der Waals surface area contributed by atoms with Gasteiger partial charge in [0.2, 0.25) is 0 Å². The van der Waals surface area contributed by atoms with Gasteiger partial charge in [0.05, 0.1) is 36.4 Å². The minimum absolute atomic E-state index is 0. The predicted molar refractivity (Wildman–Crippen MR) is 109 cm³/mol. The van der Waals surface area contributed by atoms with Gasteiger partial charge in [0.15, 0.2) is 23.1 Å². The number of aromatic nitrogens is 4. The number of nitrogens with zero attached hydrogens (tertiary/aromatic N) is 5. The van der Waals surface area contributed by atoms with E-state index < -0.39 is 29.4 Å². The second kappa shape index (κ2) is 8.68. The molecule has 0 spiro atoms. The van der Waals surface area contributed by atoms with Gasteiger partial charge in [-0.2, -0.15) is 0 Å². The summed E-state index contributed by atoms with van der Waals surface area (Å²) in [5.74, 6) is -3.57. The molecule has 0 saturated carbocycles. The van der Waals surface area contributed by atoms with E-state index in [2.05, 4.69) is 20.4 Å². The van der Waals surface area contributed by atoms with Gasteiger partial charge < -0.3 is 21.1 Å². The molecular formula is C18H18ClF2N7O3. The number of fused-ring (bicyclic) bond motifs is 1. The van der Waals surface area contributed by atoms with Crippen molar-refractivity contribution in [3.8, 4) is 0 Å². The number of carboxylic acid groups (broad SMARTS) is 1. The number of pyridine rings is 1. The van der Waals surface area contributed by atoms with E-state index >= 15 is 0 Å². The quantitative estimate of drug-likeness (QED) is 0.544. The fourth-order valence-corrected chi connectivity index (χ4v) is 3.52. The maximum Gasteiger partial charge on any atom is 0.306 e. The second-order valence-corrected chi connectivity index (χ2v) is 6.87. The summed E-state index contributed by atoms with van der Waals surface area (Å²) in [6.07, 6.45) is 4.95. The van der Waals surface area contributed by atoms with Crippen molar-refractivity contribution in [2.75, 3.05) is 29.0 Å². The number of aliphatic carboxylic acids is 1. The van der Waals surface area contributed by atoms with Gasteiger partial charge in [0.1, 0.15) is 11.3 Å². The van der Waals surface area contributed by atoms with Crippen molar-refractivity contribution in [2.24, 2.45) is 5.92 Å². The van der Waals surface area contributed by atoms with Crippen molar-refractivity contribution in [3.05, 3.63) is 42.0 Å². The van der Waals surface area contributed by atoms with Crippen molar-refractivity contribution in [3.63, 3.8) is 0 Å². The Bertz CT molecular complexity index is 1150. The van der Waals surface area contributed by atoms with E-state index in [-0.39, 0.29) is 40.8 Å². The second-order valence-electron chi connectivity index (χ2n) is 6.87. The van der Waals surface area contributed by atoms with Crippen molar-refractivity contribution in [1.29, 1.82) is 0 Å². The summed E-state index contributed by atoms with van der Waals surface area (Å²) in [6.45, 7) is 0.612. The van der Waals surface area contributed by atoms with Crippen LogP contribution < -0.4 is 16.0 Å². The summed E-state index contributed by atoms with van der Waals surface area (Å²) in [7, 11) is 0. The van der Waals surface area contributed by atoms with Crippen molar-refractivity contribution >= 4 is 47.1 Å². The number of anilines is 3. The number of piperidine rings is 1. The predicted octanol–water partition coefficient (Wildman–Crippen LogP) is 1.96. The molecule has 1 amide bonds. The van der Waals surface area contributed by atoms with Crippen LogP contribution in [0.4, 0.5) is 26.0 Å². The third-order valence-electron chi connectivity index (χ3n) is 4.98. The zero-order valence-electron chi connectivity index (χ0n) is 16.0. The first-order valence-corrected chi connectivity index (χ1v) is 9.07. The molecule has 3 aromatic rings. The SMILES string of the molecule is Cl.Nc1nn2cc(F)cnc2c1C(=O)Nc1cncc(F)c1N1CCC(C(=O)O)CC1. The number of nitrogens with two attached hydrogens (primary N) is 1. The zero-order chi connectivity index (χ0) is 21.4. The largest absolute Gasteiger partial charge is 0.481 e. The van der Waals surface area contributed by atoms with E-state index in [1.165, 1.54) is 6.20 Å². The number of carbonyl (C=O) groups is 2. The maximum atomic E-state index is 14.6. The fourth-order valence-electron chi connectivity index (χ4n) is 3.52. The Morgan fingerprint density at radius 2 is 1.90 bits per heavy atom. The summed E-state index contributed by atoms with van der Waals surface area (Å²) in [4.78, 5) is 33.3. The van der Waals surface area contributed by atoms with E-state index in [1.54, 1.807) is 4.90 Å². The highest BCUT2D eigenvalue weighted by Crippen LogP contribution is 2.32. The van der Waals surface area contributed by atoms with Crippen LogP contribution in [0, 0.1) is 17.6 Å². The highest BCUT2D eigenvalue weighted by molar-refractivity contribution is 6.12. The summed E-state index contributed by atoms with van der Waals surface area (Å²) < 4.78 is 29.0. The number of hydrogen-bond donors (Lipinski definition) is 3. The van der Waals surface area contributed by atoms with Crippen LogP contribution in [0.5, 0.6) is 0 Å². The number of carbonyl (C=O) groups excluding carboxylic acids is 1. The number of nitrogens with one attached hydrogen (secondary N) is 1. The topological polar surface area (TPSA) is 139 Å². The van der Waals surface area contributed by atoms with Crippen molar-refractivity contribution in [1.82, 2.24) is 19.6 Å². The number of amides is 1. The molecule has 4 N–H and O–H groups in total. The summed E-state index contributed by atoms with van der Waals surface area (Å²) >= 11 is 0. The lowest BCUT2D eigenvalue weighted by molar-refractivity contribution is -0.142. The Hall–Kier alpha value is -3.54. The lowest BCUT2D eigenvalue weighted by atomic mass is 9.96. The summed E-state index contributed by atoms with van der Waals surface area (Å²) in [6, 6.07) is 0. The molecule has 0 radical (unpaired) electrons. The minimum atomic E-state index is -0.883. The molecule has 0 atom stereocenters. The fraction of sp³-hybridized carbons (Fsp3) is 0.278. The van der Waals surface area contributed by atoms with Crippen LogP contribution in [0.25, 0.3) is 5.65 Å². The molecule has 10 nitrogen and oxygen atoms in total. The molecule has 0 aliphatic carbocycles. The highest BCUT2D eigenvalue weighted by Gasteiger charge is 2.28. The van der Waals surface area contributed by atoms with E-state index in [1.807, 2.05) is 0 Å². The zero-order valence-corrected chi connectivity index (χ0v) is 16.8. The molecule has 1 aliphatic rings. The Morgan fingerprint density at radius 1 is 1.19 bits per heavy atom. The van der Waals surface area contributed by atoms with Crippen LogP contribution in [0.3, 0.4) is 0 Å². The molecule has 1 aliphatic heterocycles. The van der Waals surface area contributed by atoms with Crippen LogP contribution in [0.2, 0.25) is 0 Å². The molecule has 164 valence electrons. The van der Waals surface area contributed by atoms with Crippen LogP contribution in [0.15, 0.2) is 24.8 Å². The third-order valence-corrected chi connectivity index (χ3v) is 4.98. The molecular weight excluding hydrogens is 436 g/mol. The van der Waals surface area contributed by atoms with Gasteiger partial charge in [-0.25, -0.2) is 18.3 Å². The number of rotatable bonds is 4. The first kappa shape index (κ1) is 22.2. The Morgan fingerprint density at radius 3 is 2.58 bits per heavy atom. The standard InChI is InChI=1S/C18H17F2N7O3.ClH/c19-10-5-23-16-13(15(21)25-27(16)8-10)17(28)24-12-7-22-6-11(20)14(12)26-3-1-9(2-4-26)18(29)30;/h5-9H,1-4H2,(H2,21,25)(H,24,28)(H,29,30);1H. The van der Waals surface area contributed by atoms with Crippen molar-refractivity contribution < 1.29 is 23.5 Å². The van der Waals surface area contributed by atoms with E-state index in [0.29, 0.717) is 25.9 Å². The van der Waals surface area contributed by atoms with Gasteiger partial charge in [0.25, 0.3) is 5.91 Å². The van der Waals surface area contributed by atoms with Crippen LogP contribution in [0.1, 0.15) is 23.2 Å². The van der Waals surface area contributed by atoms with Gasteiger partial charge >= 0.3 is 5.97 Å². The normalized spacial score (nSPS) is 14.3. The average molecular weight is 454 g/mol. The number of nitrogen functional groups attached to an aromatic ring is 1. The first-order chi connectivity index (χ1) is 14.3. The van der Waals surface area contributed by atoms with E-state index in [4.69, 9.17) is 10.8 Å². The molecule has 4 heterocycles. The monoisotopic (exact) mass is 453 g/mol. The molecule has 0 unspecified atom stereocenters.